The zero-order valence-corrected chi connectivity index (χ0v) is 12.7. The van der Waals surface area contributed by atoms with Crippen molar-refractivity contribution >= 4 is 5.95 Å². The van der Waals surface area contributed by atoms with Gasteiger partial charge < -0.3 is 5.73 Å². The molecule has 3 rings (SSSR count). The van der Waals surface area contributed by atoms with E-state index < -0.39 is 0 Å². The molecule has 2 heterocycles. The Balaban J connectivity index is 1.94. The second-order valence-electron chi connectivity index (χ2n) is 5.42. The first kappa shape index (κ1) is 14.9. The number of nitrogens with two attached hydrogens (primary N) is 1. The Morgan fingerprint density at radius 2 is 1.96 bits per heavy atom. The Hall–Kier alpha value is -3.02. The van der Waals surface area contributed by atoms with Crippen LogP contribution in [0, 0.1) is 0 Å². The summed E-state index contributed by atoms with van der Waals surface area (Å²) in [6, 6.07) is 13.1. The Bertz CT molecular complexity index is 840. The molecular formula is C17H17N5O. The van der Waals surface area contributed by atoms with Crippen LogP contribution >= 0.6 is 0 Å². The highest BCUT2D eigenvalue weighted by Gasteiger charge is 2.14. The van der Waals surface area contributed by atoms with E-state index in [9.17, 15) is 4.79 Å². The molecule has 0 amide bonds. The van der Waals surface area contributed by atoms with Crippen molar-refractivity contribution in [2.24, 2.45) is 0 Å². The lowest BCUT2D eigenvalue weighted by Crippen LogP contribution is -2.11. The SMILES string of the molecule is CC(Cc1cnc(N)nc1-c1ccccc1)c1ccc(=O)[nH]n1. The molecule has 0 aliphatic carbocycles. The minimum Gasteiger partial charge on any atom is -0.368 e. The zero-order valence-electron chi connectivity index (χ0n) is 12.7. The number of anilines is 1. The van der Waals surface area contributed by atoms with E-state index in [-0.39, 0.29) is 17.4 Å². The van der Waals surface area contributed by atoms with Crippen LogP contribution < -0.4 is 11.3 Å². The average molecular weight is 307 g/mol. The van der Waals surface area contributed by atoms with Crippen molar-refractivity contribution in [1.29, 1.82) is 0 Å². The molecule has 3 N–H and O–H groups in total. The Labute approximate surface area is 133 Å². The molecule has 3 aromatic rings. The quantitative estimate of drug-likeness (QED) is 0.769. The van der Waals surface area contributed by atoms with Gasteiger partial charge in [0.15, 0.2) is 0 Å². The van der Waals surface area contributed by atoms with Crippen LogP contribution in [0.2, 0.25) is 0 Å². The Kier molecular flexibility index (Phi) is 4.14. The molecule has 0 aliphatic rings. The first-order valence-electron chi connectivity index (χ1n) is 7.36. The molecular weight excluding hydrogens is 290 g/mol. The Morgan fingerprint density at radius 3 is 2.65 bits per heavy atom. The molecule has 6 nitrogen and oxygen atoms in total. The smallest absolute Gasteiger partial charge is 0.264 e. The van der Waals surface area contributed by atoms with E-state index in [1.54, 1.807) is 12.3 Å². The third-order valence-electron chi connectivity index (χ3n) is 3.66. The first-order valence-corrected chi connectivity index (χ1v) is 7.36. The van der Waals surface area contributed by atoms with Gasteiger partial charge in [-0.2, -0.15) is 5.10 Å². The molecule has 6 heteroatoms. The maximum atomic E-state index is 11.1. The first-order chi connectivity index (χ1) is 11.1. The van der Waals surface area contributed by atoms with E-state index >= 15 is 0 Å². The van der Waals surface area contributed by atoms with Gasteiger partial charge in [-0.3, -0.25) is 4.79 Å². The van der Waals surface area contributed by atoms with Crippen LogP contribution in [0.4, 0.5) is 5.95 Å². The molecule has 0 fully saturated rings. The van der Waals surface area contributed by atoms with Crippen LogP contribution in [0.15, 0.2) is 53.5 Å². The van der Waals surface area contributed by atoms with Gasteiger partial charge in [0.1, 0.15) is 0 Å². The second kappa shape index (κ2) is 6.39. The number of benzene rings is 1. The van der Waals surface area contributed by atoms with Gasteiger partial charge in [0, 0.05) is 23.7 Å². The minimum atomic E-state index is -0.207. The highest BCUT2D eigenvalue weighted by Crippen LogP contribution is 2.26. The number of aromatic amines is 1. The number of H-pyrrole nitrogens is 1. The van der Waals surface area contributed by atoms with Gasteiger partial charge in [-0.25, -0.2) is 15.1 Å². The molecule has 116 valence electrons. The lowest BCUT2D eigenvalue weighted by Gasteiger charge is -2.13. The summed E-state index contributed by atoms with van der Waals surface area (Å²) in [7, 11) is 0. The third-order valence-corrected chi connectivity index (χ3v) is 3.66. The molecule has 23 heavy (non-hydrogen) atoms. The zero-order chi connectivity index (χ0) is 16.2. The van der Waals surface area contributed by atoms with Crippen LogP contribution in [0.25, 0.3) is 11.3 Å². The molecule has 0 bridgehead atoms. The summed E-state index contributed by atoms with van der Waals surface area (Å²) >= 11 is 0. The van der Waals surface area contributed by atoms with Crippen molar-refractivity contribution in [2.75, 3.05) is 5.73 Å². The van der Waals surface area contributed by atoms with Gasteiger partial charge in [-0.05, 0) is 18.1 Å². The summed E-state index contributed by atoms with van der Waals surface area (Å²) in [5, 5.41) is 6.56. The summed E-state index contributed by atoms with van der Waals surface area (Å²) in [5.41, 5.74) is 9.18. The maximum absolute atomic E-state index is 11.1. The van der Waals surface area contributed by atoms with Crippen molar-refractivity contribution in [3.8, 4) is 11.3 Å². The van der Waals surface area contributed by atoms with Crippen LogP contribution in [0.1, 0.15) is 24.1 Å². The highest BCUT2D eigenvalue weighted by molar-refractivity contribution is 5.63. The normalized spacial score (nSPS) is 12.0. The summed E-state index contributed by atoms with van der Waals surface area (Å²) in [6.45, 7) is 2.05. The summed E-state index contributed by atoms with van der Waals surface area (Å²) in [6.07, 6.45) is 2.45. The van der Waals surface area contributed by atoms with E-state index in [0.717, 1.165) is 22.5 Å². The van der Waals surface area contributed by atoms with Gasteiger partial charge in [-0.15, -0.1) is 0 Å². The van der Waals surface area contributed by atoms with E-state index in [1.807, 2.05) is 37.3 Å². The van der Waals surface area contributed by atoms with E-state index in [2.05, 4.69) is 20.2 Å². The van der Waals surface area contributed by atoms with E-state index in [0.29, 0.717) is 6.42 Å². The van der Waals surface area contributed by atoms with Crippen molar-refractivity contribution in [3.05, 3.63) is 70.3 Å². The number of nitrogens with one attached hydrogen (secondary N) is 1. The number of rotatable bonds is 4. The van der Waals surface area contributed by atoms with Gasteiger partial charge in [0.2, 0.25) is 5.95 Å². The average Bonchev–Trinajstić information content (AvgIpc) is 2.58. The van der Waals surface area contributed by atoms with Crippen LogP contribution in [0.5, 0.6) is 0 Å². The predicted octanol–water partition coefficient (Wildman–Crippen LogP) is 2.16. The second-order valence-corrected chi connectivity index (χ2v) is 5.42. The standard InChI is InChI=1S/C17H17N5O/c1-11(14-7-8-15(23)22-21-14)9-13-10-19-17(18)20-16(13)12-5-3-2-4-6-12/h2-8,10-11H,9H2,1H3,(H,22,23)(H2,18,19,20). The van der Waals surface area contributed by atoms with Gasteiger partial charge >= 0.3 is 0 Å². The summed E-state index contributed by atoms with van der Waals surface area (Å²) in [4.78, 5) is 19.6. The fourth-order valence-corrected chi connectivity index (χ4v) is 2.48. The van der Waals surface area contributed by atoms with E-state index in [1.165, 1.54) is 6.07 Å². The van der Waals surface area contributed by atoms with Crippen molar-refractivity contribution in [1.82, 2.24) is 20.2 Å². The number of hydrogen-bond acceptors (Lipinski definition) is 5. The summed E-state index contributed by atoms with van der Waals surface area (Å²) < 4.78 is 0. The molecule has 0 spiro atoms. The molecule has 0 aliphatic heterocycles. The topological polar surface area (TPSA) is 97.5 Å². The monoisotopic (exact) mass is 307 g/mol. The van der Waals surface area contributed by atoms with Crippen molar-refractivity contribution in [3.63, 3.8) is 0 Å². The molecule has 0 saturated carbocycles. The Morgan fingerprint density at radius 1 is 1.17 bits per heavy atom. The molecule has 0 saturated heterocycles. The van der Waals surface area contributed by atoms with Gasteiger partial charge in [0.25, 0.3) is 5.56 Å². The predicted molar refractivity (Wildman–Crippen MR) is 88.9 cm³/mol. The minimum absolute atomic E-state index is 0.113. The van der Waals surface area contributed by atoms with Crippen LogP contribution in [-0.2, 0) is 6.42 Å². The fraction of sp³-hybridized carbons (Fsp3) is 0.176. The van der Waals surface area contributed by atoms with Gasteiger partial charge in [-0.1, -0.05) is 37.3 Å². The van der Waals surface area contributed by atoms with Gasteiger partial charge in [0.05, 0.1) is 11.4 Å². The molecule has 0 radical (unpaired) electrons. The molecule has 1 unspecified atom stereocenters. The summed E-state index contributed by atoms with van der Waals surface area (Å²) in [5.74, 6) is 0.365. The number of aromatic nitrogens is 4. The third kappa shape index (κ3) is 3.42. The number of nitrogens with zero attached hydrogens (tertiary/aromatic N) is 3. The lowest BCUT2D eigenvalue weighted by atomic mass is 9.95. The maximum Gasteiger partial charge on any atom is 0.264 e. The van der Waals surface area contributed by atoms with Crippen molar-refractivity contribution in [2.45, 2.75) is 19.3 Å². The molecule has 1 aromatic carbocycles. The lowest BCUT2D eigenvalue weighted by molar-refractivity contribution is 0.703. The largest absolute Gasteiger partial charge is 0.368 e. The van der Waals surface area contributed by atoms with E-state index in [4.69, 9.17) is 5.73 Å². The van der Waals surface area contributed by atoms with Crippen LogP contribution in [-0.4, -0.2) is 20.2 Å². The molecule has 1 atom stereocenters. The van der Waals surface area contributed by atoms with Crippen LogP contribution in [0.3, 0.4) is 0 Å². The number of hydrogen-bond donors (Lipinski definition) is 2. The number of nitrogen functional groups attached to an aromatic ring is 1. The fourth-order valence-electron chi connectivity index (χ4n) is 2.48. The van der Waals surface area contributed by atoms with Crippen molar-refractivity contribution < 1.29 is 0 Å². The molecule has 2 aromatic heterocycles. The highest BCUT2D eigenvalue weighted by atomic mass is 16.1.